The van der Waals surface area contributed by atoms with E-state index in [0.717, 1.165) is 26.8 Å². The third-order valence-electron chi connectivity index (χ3n) is 4.62. The van der Waals surface area contributed by atoms with E-state index < -0.39 is 12.0 Å². The normalized spacial score (nSPS) is 16.4. The maximum absolute atomic E-state index is 12.7. The van der Waals surface area contributed by atoms with Gasteiger partial charge in [0, 0.05) is 17.3 Å². The summed E-state index contributed by atoms with van der Waals surface area (Å²) in [7, 11) is 0. The number of aliphatic carboxylic acids is 1. The van der Waals surface area contributed by atoms with Crippen LogP contribution in [0.3, 0.4) is 0 Å². The van der Waals surface area contributed by atoms with Gasteiger partial charge >= 0.3 is 5.97 Å². The second-order valence-electron chi connectivity index (χ2n) is 6.54. The van der Waals surface area contributed by atoms with E-state index in [1.54, 1.807) is 0 Å². The van der Waals surface area contributed by atoms with Crippen molar-refractivity contribution in [3.05, 3.63) is 64.4 Å². The fraction of sp³-hybridized carbons (Fsp3) is 0.200. The molecular weight excluding hydrogens is 424 g/mol. The minimum Gasteiger partial charge on any atom is -0.481 e. The summed E-state index contributed by atoms with van der Waals surface area (Å²) in [5, 5.41) is 14.8. The van der Waals surface area contributed by atoms with Crippen molar-refractivity contribution in [2.24, 2.45) is 5.10 Å². The number of nitrogens with zero attached hydrogens (tertiary/aromatic N) is 3. The highest BCUT2D eigenvalue weighted by Crippen LogP contribution is 2.33. The van der Waals surface area contributed by atoms with E-state index in [9.17, 15) is 9.59 Å². The first-order valence-corrected chi connectivity index (χ1v) is 9.62. The number of halogens is 1. The van der Waals surface area contributed by atoms with Gasteiger partial charge in [0.25, 0.3) is 0 Å². The van der Waals surface area contributed by atoms with E-state index in [1.165, 1.54) is 5.01 Å². The van der Waals surface area contributed by atoms with Crippen molar-refractivity contribution in [1.82, 2.24) is 15.0 Å². The zero-order valence-electron chi connectivity index (χ0n) is 14.8. The molecule has 0 saturated heterocycles. The molecular formula is C20H17BrN4O3. The molecule has 0 fully saturated rings. The van der Waals surface area contributed by atoms with Gasteiger partial charge in [-0.05, 0) is 29.8 Å². The topological polar surface area (TPSA) is 98.7 Å². The minimum absolute atomic E-state index is 0.108. The molecule has 0 bridgehead atoms. The number of para-hydroxylation sites is 2. The number of hydrogen-bond acceptors (Lipinski definition) is 4. The van der Waals surface area contributed by atoms with Crippen LogP contribution in [0.25, 0.3) is 11.0 Å². The van der Waals surface area contributed by atoms with Gasteiger partial charge < -0.3 is 10.1 Å². The molecule has 1 aliphatic heterocycles. The molecule has 0 unspecified atom stereocenters. The van der Waals surface area contributed by atoms with Crippen LogP contribution < -0.4 is 0 Å². The number of carbonyl (C=O) groups is 2. The van der Waals surface area contributed by atoms with Crippen molar-refractivity contribution in [2.75, 3.05) is 0 Å². The molecule has 8 heteroatoms. The Labute approximate surface area is 169 Å². The van der Waals surface area contributed by atoms with Crippen molar-refractivity contribution in [1.29, 1.82) is 0 Å². The number of hydrazone groups is 1. The quantitative estimate of drug-likeness (QED) is 0.628. The molecule has 1 amide bonds. The minimum atomic E-state index is -1.01. The highest BCUT2D eigenvalue weighted by atomic mass is 79.9. The molecule has 2 heterocycles. The lowest BCUT2D eigenvalue weighted by molar-refractivity contribution is -0.141. The van der Waals surface area contributed by atoms with Gasteiger partial charge in [0.05, 0.1) is 23.2 Å². The summed E-state index contributed by atoms with van der Waals surface area (Å²) >= 11 is 3.42. The molecule has 0 spiro atoms. The molecule has 3 aromatic rings. The number of aromatic amines is 1. The van der Waals surface area contributed by atoms with Gasteiger partial charge in [-0.2, -0.15) is 5.10 Å². The summed E-state index contributed by atoms with van der Waals surface area (Å²) in [4.78, 5) is 31.4. The number of imidazole rings is 1. The lowest BCUT2D eigenvalue weighted by Gasteiger charge is -2.19. The average Bonchev–Trinajstić information content (AvgIpc) is 3.30. The van der Waals surface area contributed by atoms with Gasteiger partial charge in [-0.25, -0.2) is 9.99 Å². The number of aromatic nitrogens is 2. The van der Waals surface area contributed by atoms with E-state index in [2.05, 4.69) is 31.0 Å². The molecule has 0 radical (unpaired) electrons. The van der Waals surface area contributed by atoms with Gasteiger partial charge in [-0.3, -0.25) is 9.59 Å². The maximum Gasteiger partial charge on any atom is 0.303 e. The van der Waals surface area contributed by atoms with Crippen LogP contribution in [0.4, 0.5) is 0 Å². The number of carbonyl (C=O) groups excluding carboxylic acids is 1. The first-order valence-electron chi connectivity index (χ1n) is 8.83. The molecule has 2 aromatic carbocycles. The lowest BCUT2D eigenvalue weighted by atomic mass is 10.0. The third-order valence-corrected chi connectivity index (χ3v) is 5.15. The van der Waals surface area contributed by atoms with E-state index in [4.69, 9.17) is 5.11 Å². The van der Waals surface area contributed by atoms with Crippen molar-refractivity contribution >= 4 is 44.6 Å². The Hall–Kier alpha value is -3.00. The number of carboxylic acid groups (broad SMARTS) is 1. The smallest absolute Gasteiger partial charge is 0.303 e. The molecule has 1 aromatic heterocycles. The van der Waals surface area contributed by atoms with Crippen LogP contribution in [-0.4, -0.2) is 37.7 Å². The van der Waals surface area contributed by atoms with E-state index in [0.29, 0.717) is 12.2 Å². The van der Waals surface area contributed by atoms with Gasteiger partial charge in [0.1, 0.15) is 11.9 Å². The zero-order chi connectivity index (χ0) is 19.7. The molecule has 142 valence electrons. The number of carboxylic acids is 1. The molecule has 1 atom stereocenters. The maximum atomic E-state index is 12.7. The van der Waals surface area contributed by atoms with E-state index in [-0.39, 0.29) is 18.7 Å². The van der Waals surface area contributed by atoms with Crippen LogP contribution in [-0.2, 0) is 9.59 Å². The largest absolute Gasteiger partial charge is 0.481 e. The Morgan fingerprint density at radius 3 is 2.61 bits per heavy atom. The highest BCUT2D eigenvalue weighted by Gasteiger charge is 2.35. The highest BCUT2D eigenvalue weighted by molar-refractivity contribution is 9.10. The molecule has 2 N–H and O–H groups in total. The average molecular weight is 441 g/mol. The summed E-state index contributed by atoms with van der Waals surface area (Å²) in [6.45, 7) is 0. The van der Waals surface area contributed by atoms with Crippen LogP contribution in [0.15, 0.2) is 58.1 Å². The summed E-state index contributed by atoms with van der Waals surface area (Å²) in [5.74, 6) is -0.703. The van der Waals surface area contributed by atoms with Crippen LogP contribution in [0.5, 0.6) is 0 Å². The number of nitrogens with one attached hydrogen (secondary N) is 1. The van der Waals surface area contributed by atoms with Crippen molar-refractivity contribution in [3.8, 4) is 0 Å². The number of fused-ring (bicyclic) bond motifs is 1. The SMILES string of the molecule is O=C(O)CCC(=O)N1N=C(c2ccc(Br)cc2)C[C@H]1c1nc2ccccc2[nH]1. The fourth-order valence-electron chi connectivity index (χ4n) is 3.23. The van der Waals surface area contributed by atoms with Gasteiger partial charge in [-0.1, -0.05) is 40.2 Å². The number of H-pyrrole nitrogens is 1. The van der Waals surface area contributed by atoms with Crippen molar-refractivity contribution in [2.45, 2.75) is 25.3 Å². The number of amides is 1. The Balaban J connectivity index is 1.67. The summed E-state index contributed by atoms with van der Waals surface area (Å²) in [6.07, 6.45) is 0.161. The summed E-state index contributed by atoms with van der Waals surface area (Å²) in [6, 6.07) is 15.0. The Morgan fingerprint density at radius 1 is 1.14 bits per heavy atom. The van der Waals surface area contributed by atoms with Crippen molar-refractivity contribution < 1.29 is 14.7 Å². The number of hydrogen-bond donors (Lipinski definition) is 2. The van der Waals surface area contributed by atoms with Gasteiger partial charge in [0.2, 0.25) is 5.91 Å². The molecule has 4 rings (SSSR count). The standard InChI is InChI=1S/C20H17BrN4O3/c21-13-7-5-12(6-8-13)16-11-17(25(24-16)18(26)9-10-19(27)28)20-22-14-3-1-2-4-15(14)23-20/h1-8,17H,9-11H2,(H,22,23)(H,27,28)/t17-/m0/s1. The predicted molar refractivity (Wildman–Crippen MR) is 108 cm³/mol. The molecule has 0 saturated carbocycles. The van der Waals surface area contributed by atoms with Crippen molar-refractivity contribution in [3.63, 3.8) is 0 Å². The van der Waals surface area contributed by atoms with Gasteiger partial charge in [-0.15, -0.1) is 0 Å². The number of benzene rings is 2. The van der Waals surface area contributed by atoms with Crippen LogP contribution in [0, 0.1) is 0 Å². The zero-order valence-corrected chi connectivity index (χ0v) is 16.4. The van der Waals surface area contributed by atoms with E-state index >= 15 is 0 Å². The second-order valence-corrected chi connectivity index (χ2v) is 7.46. The van der Waals surface area contributed by atoms with Crippen LogP contribution in [0.1, 0.15) is 36.7 Å². The van der Waals surface area contributed by atoms with Crippen LogP contribution in [0.2, 0.25) is 0 Å². The fourth-order valence-corrected chi connectivity index (χ4v) is 3.49. The molecule has 7 nitrogen and oxygen atoms in total. The van der Waals surface area contributed by atoms with E-state index in [1.807, 2.05) is 48.5 Å². The first kappa shape index (κ1) is 18.4. The molecule has 28 heavy (non-hydrogen) atoms. The first-order chi connectivity index (χ1) is 13.5. The molecule has 0 aliphatic carbocycles. The predicted octanol–water partition coefficient (Wildman–Crippen LogP) is 3.87. The monoisotopic (exact) mass is 440 g/mol. The third kappa shape index (κ3) is 3.68. The number of rotatable bonds is 5. The summed E-state index contributed by atoms with van der Waals surface area (Å²) < 4.78 is 0.957. The summed E-state index contributed by atoms with van der Waals surface area (Å²) in [5.41, 5.74) is 3.37. The molecule has 1 aliphatic rings. The Bertz CT molecular complexity index is 1040. The van der Waals surface area contributed by atoms with Crippen LogP contribution >= 0.6 is 15.9 Å². The Morgan fingerprint density at radius 2 is 1.89 bits per heavy atom. The second kappa shape index (κ2) is 7.55. The lowest BCUT2D eigenvalue weighted by Crippen LogP contribution is -2.28. The Kier molecular flexibility index (Phi) is 4.95. The van der Waals surface area contributed by atoms with Gasteiger partial charge in [0.15, 0.2) is 0 Å².